The van der Waals surface area contributed by atoms with Gasteiger partial charge in [0, 0.05) is 0 Å². The van der Waals surface area contributed by atoms with Crippen molar-refractivity contribution in [2.45, 2.75) is 32.1 Å². The van der Waals surface area contributed by atoms with Crippen LogP contribution in [0.4, 0.5) is 0 Å². The third-order valence-corrected chi connectivity index (χ3v) is 4.32. The van der Waals surface area contributed by atoms with Gasteiger partial charge in [-0.15, -0.1) is 0 Å². The highest BCUT2D eigenvalue weighted by molar-refractivity contribution is 5.29. The van der Waals surface area contributed by atoms with Gasteiger partial charge in [-0.05, 0) is 75.0 Å². The maximum absolute atomic E-state index is 9.38. The van der Waals surface area contributed by atoms with Crippen LogP contribution < -0.4 is 5.73 Å². The molecule has 19 heavy (non-hydrogen) atoms. The fourth-order valence-corrected chi connectivity index (χ4v) is 3.22. The molecule has 1 aromatic rings. The van der Waals surface area contributed by atoms with Crippen LogP contribution >= 0.6 is 0 Å². The maximum atomic E-state index is 9.38. The molecule has 1 aromatic carbocycles. The number of phenols is 1. The first-order valence-electron chi connectivity index (χ1n) is 7.46. The smallest absolute Gasteiger partial charge is 0.115 e. The predicted molar refractivity (Wildman–Crippen MR) is 79.4 cm³/mol. The number of aromatic hydroxyl groups is 1. The predicted octanol–water partition coefficient (Wildman–Crippen LogP) is 2.56. The fourth-order valence-electron chi connectivity index (χ4n) is 3.22. The van der Waals surface area contributed by atoms with Gasteiger partial charge in [-0.1, -0.05) is 19.1 Å². The van der Waals surface area contributed by atoms with E-state index in [1.165, 1.54) is 44.5 Å². The van der Waals surface area contributed by atoms with Gasteiger partial charge in [0.15, 0.2) is 0 Å². The summed E-state index contributed by atoms with van der Waals surface area (Å²) in [5.74, 6) is 1.45. The Hall–Kier alpha value is -1.06. The van der Waals surface area contributed by atoms with Crippen LogP contribution in [-0.4, -0.2) is 36.2 Å². The van der Waals surface area contributed by atoms with Crippen LogP contribution in [0.2, 0.25) is 0 Å². The van der Waals surface area contributed by atoms with Gasteiger partial charge >= 0.3 is 0 Å². The van der Waals surface area contributed by atoms with E-state index in [-0.39, 0.29) is 0 Å². The van der Waals surface area contributed by atoms with Crippen LogP contribution in [0.15, 0.2) is 24.3 Å². The van der Waals surface area contributed by atoms with Crippen molar-refractivity contribution in [3.63, 3.8) is 0 Å². The summed E-state index contributed by atoms with van der Waals surface area (Å²) < 4.78 is 0. The Morgan fingerprint density at radius 2 is 1.89 bits per heavy atom. The number of hydrogen-bond acceptors (Lipinski definition) is 3. The minimum absolute atomic E-state index is 0.331. The average molecular weight is 262 g/mol. The quantitative estimate of drug-likeness (QED) is 0.857. The Morgan fingerprint density at radius 1 is 1.26 bits per heavy atom. The van der Waals surface area contributed by atoms with Crippen molar-refractivity contribution in [3.8, 4) is 5.75 Å². The van der Waals surface area contributed by atoms with Crippen LogP contribution in [-0.2, 0) is 0 Å². The van der Waals surface area contributed by atoms with Gasteiger partial charge < -0.3 is 15.7 Å². The van der Waals surface area contributed by atoms with Crippen molar-refractivity contribution in [1.29, 1.82) is 0 Å². The third kappa shape index (κ3) is 3.71. The first-order valence-corrected chi connectivity index (χ1v) is 7.46. The molecule has 106 valence electrons. The zero-order valence-corrected chi connectivity index (χ0v) is 11.9. The molecule has 0 radical (unpaired) electrons. The zero-order chi connectivity index (χ0) is 13.7. The molecule has 0 amide bonds. The number of hydrogen-bond donors (Lipinski definition) is 2. The van der Waals surface area contributed by atoms with Crippen molar-refractivity contribution >= 4 is 0 Å². The minimum atomic E-state index is 0.331. The van der Waals surface area contributed by atoms with Gasteiger partial charge in [-0.2, -0.15) is 0 Å². The van der Waals surface area contributed by atoms with E-state index in [9.17, 15) is 5.11 Å². The second kappa shape index (κ2) is 6.92. The van der Waals surface area contributed by atoms with Crippen LogP contribution in [0.5, 0.6) is 5.75 Å². The first-order chi connectivity index (χ1) is 9.24. The van der Waals surface area contributed by atoms with Crippen LogP contribution in [0.1, 0.15) is 37.7 Å². The van der Waals surface area contributed by atoms with Gasteiger partial charge in [0.1, 0.15) is 5.75 Å². The Labute approximate surface area is 116 Å². The molecule has 1 saturated heterocycles. The maximum Gasteiger partial charge on any atom is 0.115 e. The molecule has 0 saturated carbocycles. The molecule has 3 heteroatoms. The number of phenolic OH excluding ortho intramolecular Hbond substituents is 1. The number of nitrogens with two attached hydrogens (primary N) is 1. The second-order valence-corrected chi connectivity index (χ2v) is 5.61. The lowest BCUT2D eigenvalue weighted by molar-refractivity contribution is 0.169. The molecular weight excluding hydrogens is 236 g/mol. The van der Waals surface area contributed by atoms with E-state index in [0.717, 1.165) is 0 Å². The molecule has 1 heterocycles. The van der Waals surface area contributed by atoms with Crippen molar-refractivity contribution in [3.05, 3.63) is 29.8 Å². The van der Waals surface area contributed by atoms with Crippen molar-refractivity contribution in [1.82, 2.24) is 4.90 Å². The lowest BCUT2D eigenvalue weighted by atomic mass is 9.80. The highest BCUT2D eigenvalue weighted by Gasteiger charge is 2.26. The van der Waals surface area contributed by atoms with E-state index in [1.54, 1.807) is 12.1 Å². The van der Waals surface area contributed by atoms with Gasteiger partial charge in [0.25, 0.3) is 0 Å². The molecule has 3 N–H and O–H groups in total. The van der Waals surface area contributed by atoms with E-state index < -0.39 is 0 Å². The van der Waals surface area contributed by atoms with E-state index in [0.29, 0.717) is 24.1 Å². The molecule has 1 aliphatic rings. The molecule has 1 fully saturated rings. The summed E-state index contributed by atoms with van der Waals surface area (Å²) in [7, 11) is 0. The van der Waals surface area contributed by atoms with Crippen molar-refractivity contribution < 1.29 is 5.11 Å². The number of rotatable bonds is 5. The summed E-state index contributed by atoms with van der Waals surface area (Å²) in [4.78, 5) is 2.56. The standard InChI is InChI=1S/C16H26N2O/c1-2-9-18-10-7-14(8-11-18)16(12-17)13-3-5-15(19)6-4-13/h3-6,14,16,19H,2,7-12,17H2,1H3. The van der Waals surface area contributed by atoms with E-state index in [1.807, 2.05) is 12.1 Å². The lowest BCUT2D eigenvalue weighted by Gasteiger charge is -2.35. The summed E-state index contributed by atoms with van der Waals surface area (Å²) in [5.41, 5.74) is 7.26. The Bertz CT molecular complexity index is 369. The molecular formula is C16H26N2O. The molecule has 0 spiro atoms. The van der Waals surface area contributed by atoms with Crippen LogP contribution in [0.3, 0.4) is 0 Å². The molecule has 0 bridgehead atoms. The highest BCUT2D eigenvalue weighted by Crippen LogP contribution is 2.32. The molecule has 2 rings (SSSR count). The minimum Gasteiger partial charge on any atom is -0.508 e. The van der Waals surface area contributed by atoms with E-state index >= 15 is 0 Å². The average Bonchev–Trinajstić information content (AvgIpc) is 2.44. The Kier molecular flexibility index (Phi) is 5.23. The molecule has 1 unspecified atom stereocenters. The second-order valence-electron chi connectivity index (χ2n) is 5.61. The number of likely N-dealkylation sites (tertiary alicyclic amines) is 1. The van der Waals surface area contributed by atoms with Crippen LogP contribution in [0.25, 0.3) is 0 Å². The van der Waals surface area contributed by atoms with Gasteiger partial charge in [0.2, 0.25) is 0 Å². The Balaban J connectivity index is 1.97. The summed E-state index contributed by atoms with van der Waals surface area (Å²) in [6.07, 6.45) is 3.72. The van der Waals surface area contributed by atoms with Gasteiger partial charge in [0.05, 0.1) is 0 Å². The summed E-state index contributed by atoms with van der Waals surface area (Å²) in [6.45, 7) is 6.56. The topological polar surface area (TPSA) is 49.5 Å². The highest BCUT2D eigenvalue weighted by atomic mass is 16.3. The number of nitrogens with zero attached hydrogens (tertiary/aromatic N) is 1. The number of piperidine rings is 1. The molecule has 1 atom stereocenters. The van der Waals surface area contributed by atoms with Crippen molar-refractivity contribution in [2.75, 3.05) is 26.2 Å². The fraction of sp³-hybridized carbons (Fsp3) is 0.625. The molecule has 0 aliphatic carbocycles. The van der Waals surface area contributed by atoms with Gasteiger partial charge in [-0.3, -0.25) is 0 Å². The zero-order valence-electron chi connectivity index (χ0n) is 11.9. The molecule has 1 aliphatic heterocycles. The SMILES string of the molecule is CCCN1CCC(C(CN)c2ccc(O)cc2)CC1. The first kappa shape index (κ1) is 14.4. The van der Waals surface area contributed by atoms with Crippen molar-refractivity contribution in [2.24, 2.45) is 11.7 Å². The monoisotopic (exact) mass is 262 g/mol. The van der Waals surface area contributed by atoms with E-state index in [2.05, 4.69) is 11.8 Å². The number of benzene rings is 1. The van der Waals surface area contributed by atoms with Gasteiger partial charge in [-0.25, -0.2) is 0 Å². The summed E-state index contributed by atoms with van der Waals surface area (Å²) >= 11 is 0. The van der Waals surface area contributed by atoms with E-state index in [4.69, 9.17) is 5.73 Å². The van der Waals surface area contributed by atoms with Crippen LogP contribution in [0, 0.1) is 5.92 Å². The normalized spacial score (nSPS) is 19.5. The summed E-state index contributed by atoms with van der Waals surface area (Å²) in [5, 5.41) is 9.38. The largest absolute Gasteiger partial charge is 0.508 e. The summed E-state index contributed by atoms with van der Waals surface area (Å²) in [6, 6.07) is 7.57. The Morgan fingerprint density at radius 3 is 2.42 bits per heavy atom. The lowest BCUT2D eigenvalue weighted by Crippen LogP contribution is -2.37. The molecule has 3 nitrogen and oxygen atoms in total. The third-order valence-electron chi connectivity index (χ3n) is 4.32. The molecule has 0 aromatic heterocycles.